The van der Waals surface area contributed by atoms with Crippen molar-refractivity contribution in [1.82, 2.24) is 10.2 Å². The second-order valence-corrected chi connectivity index (χ2v) is 2.84. The summed E-state index contributed by atoms with van der Waals surface area (Å²) in [5.41, 5.74) is 0.563. The van der Waals surface area contributed by atoms with Crippen LogP contribution in [0.5, 0.6) is 5.88 Å². The molecule has 1 aromatic rings. The van der Waals surface area contributed by atoms with Crippen molar-refractivity contribution in [2.24, 2.45) is 0 Å². The van der Waals surface area contributed by atoms with E-state index >= 15 is 0 Å². The zero-order valence-electron chi connectivity index (χ0n) is 7.42. The first-order valence-electron chi connectivity index (χ1n) is 3.78. The van der Waals surface area contributed by atoms with Gasteiger partial charge < -0.3 is 4.74 Å². The van der Waals surface area contributed by atoms with Crippen molar-refractivity contribution in [2.75, 3.05) is 7.11 Å². The van der Waals surface area contributed by atoms with E-state index in [0.717, 1.165) is 0 Å². The average molecular weight is 168 g/mol. The van der Waals surface area contributed by atoms with Crippen LogP contribution in [0.15, 0.2) is 11.0 Å². The van der Waals surface area contributed by atoms with E-state index in [0.29, 0.717) is 11.4 Å². The Labute approximate surface area is 70.6 Å². The zero-order chi connectivity index (χ0) is 9.14. The van der Waals surface area contributed by atoms with Crippen molar-refractivity contribution < 1.29 is 4.74 Å². The number of rotatable bonds is 2. The number of methoxy groups -OCH3 is 1. The molecule has 1 aromatic heterocycles. The van der Waals surface area contributed by atoms with Gasteiger partial charge in [0.1, 0.15) is 0 Å². The van der Waals surface area contributed by atoms with E-state index in [1.807, 2.05) is 13.8 Å². The molecule has 0 atom stereocenters. The smallest absolute Gasteiger partial charge is 0.214 e. The lowest BCUT2D eigenvalue weighted by atomic mass is 10.1. The molecule has 66 valence electrons. The van der Waals surface area contributed by atoms with Crippen LogP contribution >= 0.6 is 0 Å². The predicted octanol–water partition coefficient (Wildman–Crippen LogP) is 0.902. The topological polar surface area (TPSA) is 55.0 Å². The van der Waals surface area contributed by atoms with Crippen LogP contribution in [0.3, 0.4) is 0 Å². The van der Waals surface area contributed by atoms with Crippen molar-refractivity contribution in [3.63, 3.8) is 0 Å². The van der Waals surface area contributed by atoms with Crippen LogP contribution in [-0.4, -0.2) is 17.3 Å². The highest BCUT2D eigenvalue weighted by Crippen LogP contribution is 2.17. The lowest BCUT2D eigenvalue weighted by molar-refractivity contribution is 0.383. The fourth-order valence-electron chi connectivity index (χ4n) is 1.09. The summed E-state index contributed by atoms with van der Waals surface area (Å²) >= 11 is 0. The highest BCUT2D eigenvalue weighted by atomic mass is 16.5. The molecule has 1 N–H and O–H groups in total. The fraction of sp³-hybridized carbons (Fsp3) is 0.500. The monoisotopic (exact) mass is 168 g/mol. The molecule has 4 heteroatoms. The SMILES string of the molecule is COc1[nH]ncc(=O)c1C(C)C. The summed E-state index contributed by atoms with van der Waals surface area (Å²) in [6.07, 6.45) is 1.26. The summed E-state index contributed by atoms with van der Waals surface area (Å²) < 4.78 is 4.97. The van der Waals surface area contributed by atoms with E-state index in [9.17, 15) is 4.79 Å². The van der Waals surface area contributed by atoms with E-state index in [4.69, 9.17) is 4.74 Å². The first kappa shape index (κ1) is 8.77. The van der Waals surface area contributed by atoms with Crippen molar-refractivity contribution >= 4 is 0 Å². The number of hydrogen-bond acceptors (Lipinski definition) is 3. The van der Waals surface area contributed by atoms with Crippen LogP contribution in [0.25, 0.3) is 0 Å². The molecular formula is C8H12N2O2. The number of aromatic amines is 1. The van der Waals surface area contributed by atoms with Crippen molar-refractivity contribution in [2.45, 2.75) is 19.8 Å². The lowest BCUT2D eigenvalue weighted by Gasteiger charge is -2.08. The van der Waals surface area contributed by atoms with Crippen molar-refractivity contribution in [3.05, 3.63) is 22.0 Å². The third-order valence-electron chi connectivity index (χ3n) is 1.64. The molecule has 0 unspecified atom stereocenters. The Balaban J connectivity index is 3.30. The van der Waals surface area contributed by atoms with Gasteiger partial charge in [-0.1, -0.05) is 13.8 Å². The molecule has 0 spiro atoms. The average Bonchev–Trinajstić information content (AvgIpc) is 2.03. The van der Waals surface area contributed by atoms with Gasteiger partial charge in [-0.05, 0) is 5.92 Å². The molecule has 12 heavy (non-hydrogen) atoms. The molecule has 0 aliphatic heterocycles. The van der Waals surface area contributed by atoms with E-state index in [2.05, 4.69) is 10.2 Å². The standard InChI is InChI=1S/C8H12N2O2/c1-5(2)7-6(11)4-9-10-8(7)12-3/h4-5H,1-3H3,(H,10,11). The van der Waals surface area contributed by atoms with E-state index in [-0.39, 0.29) is 11.3 Å². The molecule has 1 rings (SSSR count). The maximum absolute atomic E-state index is 11.3. The highest BCUT2D eigenvalue weighted by molar-refractivity contribution is 5.26. The third kappa shape index (κ3) is 1.47. The Morgan fingerprint density at radius 1 is 1.58 bits per heavy atom. The molecule has 0 aromatic carbocycles. The van der Waals surface area contributed by atoms with Crippen molar-refractivity contribution in [1.29, 1.82) is 0 Å². The summed E-state index contributed by atoms with van der Waals surface area (Å²) in [5.74, 6) is 0.601. The first-order chi connectivity index (χ1) is 5.66. The van der Waals surface area contributed by atoms with Gasteiger partial charge in [0.05, 0.1) is 18.9 Å². The fourth-order valence-corrected chi connectivity index (χ4v) is 1.09. The van der Waals surface area contributed by atoms with Gasteiger partial charge in [0, 0.05) is 0 Å². The van der Waals surface area contributed by atoms with Crippen LogP contribution < -0.4 is 10.2 Å². The molecule has 4 nitrogen and oxygen atoms in total. The largest absolute Gasteiger partial charge is 0.481 e. The molecule has 1 heterocycles. The number of ether oxygens (including phenoxy) is 1. The van der Waals surface area contributed by atoms with Gasteiger partial charge in [-0.25, -0.2) is 5.10 Å². The minimum absolute atomic E-state index is 0.0828. The number of hydrogen-bond donors (Lipinski definition) is 1. The summed E-state index contributed by atoms with van der Waals surface area (Å²) in [6.45, 7) is 3.88. The minimum atomic E-state index is -0.0828. The zero-order valence-corrected chi connectivity index (χ0v) is 7.42. The molecule has 0 radical (unpaired) electrons. The second kappa shape index (κ2) is 3.38. The minimum Gasteiger partial charge on any atom is -0.481 e. The van der Waals surface area contributed by atoms with Gasteiger partial charge in [-0.15, -0.1) is 0 Å². The predicted molar refractivity (Wildman–Crippen MR) is 45.5 cm³/mol. The van der Waals surface area contributed by atoms with E-state index in [1.54, 1.807) is 0 Å². The first-order valence-corrected chi connectivity index (χ1v) is 3.78. The summed E-state index contributed by atoms with van der Waals surface area (Å²) in [6, 6.07) is 0. The van der Waals surface area contributed by atoms with Gasteiger partial charge in [-0.3, -0.25) is 4.79 Å². The molecule has 0 aliphatic rings. The number of H-pyrrole nitrogens is 1. The normalized spacial score (nSPS) is 10.3. The molecular weight excluding hydrogens is 156 g/mol. The molecule has 0 bridgehead atoms. The maximum atomic E-state index is 11.3. The second-order valence-electron chi connectivity index (χ2n) is 2.84. The molecule has 0 aliphatic carbocycles. The Morgan fingerprint density at radius 3 is 2.67 bits per heavy atom. The van der Waals surface area contributed by atoms with Gasteiger partial charge in [0.15, 0.2) is 0 Å². The quantitative estimate of drug-likeness (QED) is 0.713. The van der Waals surface area contributed by atoms with Crippen LogP contribution in [0.2, 0.25) is 0 Å². The maximum Gasteiger partial charge on any atom is 0.214 e. The molecule has 0 saturated heterocycles. The summed E-state index contributed by atoms with van der Waals surface area (Å²) in [7, 11) is 1.51. The Bertz CT molecular complexity index is 317. The number of aromatic nitrogens is 2. The Kier molecular flexibility index (Phi) is 2.47. The molecule has 0 saturated carbocycles. The van der Waals surface area contributed by atoms with Gasteiger partial charge >= 0.3 is 0 Å². The van der Waals surface area contributed by atoms with Crippen LogP contribution in [0.1, 0.15) is 25.3 Å². The van der Waals surface area contributed by atoms with E-state index < -0.39 is 0 Å². The summed E-state index contributed by atoms with van der Waals surface area (Å²) in [4.78, 5) is 11.3. The highest BCUT2D eigenvalue weighted by Gasteiger charge is 2.11. The Morgan fingerprint density at radius 2 is 2.25 bits per heavy atom. The lowest BCUT2D eigenvalue weighted by Crippen LogP contribution is -2.13. The van der Waals surface area contributed by atoms with Gasteiger partial charge in [0.2, 0.25) is 11.3 Å². The van der Waals surface area contributed by atoms with Gasteiger partial charge in [0.25, 0.3) is 0 Å². The third-order valence-corrected chi connectivity index (χ3v) is 1.64. The molecule has 0 fully saturated rings. The number of nitrogens with one attached hydrogen (secondary N) is 1. The van der Waals surface area contributed by atoms with Gasteiger partial charge in [-0.2, -0.15) is 5.10 Å². The van der Waals surface area contributed by atoms with Crippen LogP contribution in [0.4, 0.5) is 0 Å². The summed E-state index contributed by atoms with van der Waals surface area (Å²) in [5, 5.41) is 6.27. The van der Waals surface area contributed by atoms with Crippen LogP contribution in [0, 0.1) is 0 Å². The number of nitrogens with zero attached hydrogens (tertiary/aromatic N) is 1. The molecule has 0 amide bonds. The van der Waals surface area contributed by atoms with E-state index in [1.165, 1.54) is 13.3 Å². The van der Waals surface area contributed by atoms with Crippen LogP contribution in [-0.2, 0) is 0 Å². The van der Waals surface area contributed by atoms with Crippen molar-refractivity contribution in [3.8, 4) is 5.88 Å². The Hall–Kier alpha value is -1.32.